The molecule has 9 heteroatoms. The third-order valence-electron chi connectivity index (χ3n) is 3.67. The highest BCUT2D eigenvalue weighted by Gasteiger charge is 2.36. The lowest BCUT2D eigenvalue weighted by Gasteiger charge is -2.13. The Bertz CT molecular complexity index is 905. The van der Waals surface area contributed by atoms with Crippen molar-refractivity contribution in [2.24, 2.45) is 5.92 Å². The molecule has 1 aliphatic rings. The van der Waals surface area contributed by atoms with Crippen LogP contribution in [0.3, 0.4) is 0 Å². The Morgan fingerprint density at radius 2 is 2.07 bits per heavy atom. The molecular formula is C21H22BrNO6S. The summed E-state index contributed by atoms with van der Waals surface area (Å²) < 4.78 is 16.8. The summed E-state index contributed by atoms with van der Waals surface area (Å²) in [5.41, 5.74) is 0.617. The molecule has 0 unspecified atom stereocenters. The maximum Gasteiger partial charge on any atom is 0.326 e. The number of hydrogen-bond donors (Lipinski definition) is 0. The summed E-state index contributed by atoms with van der Waals surface area (Å²) in [6.45, 7) is 5.91. The number of imide groups is 1. The molecule has 2 amide bonds. The SMILES string of the molecule is C#CCOc1c(Br)cc(/C=C2\SC(=O)N(CC(=O)OCC(C)C)C2=O)cc1OCC. The van der Waals surface area contributed by atoms with Gasteiger partial charge >= 0.3 is 5.97 Å². The van der Waals surface area contributed by atoms with Crippen molar-refractivity contribution < 1.29 is 28.6 Å². The Morgan fingerprint density at radius 1 is 1.33 bits per heavy atom. The Morgan fingerprint density at radius 3 is 2.70 bits per heavy atom. The second kappa shape index (κ2) is 11.1. The van der Waals surface area contributed by atoms with Crippen molar-refractivity contribution in [3.63, 3.8) is 0 Å². The summed E-state index contributed by atoms with van der Waals surface area (Å²) in [6, 6.07) is 3.41. The molecule has 1 saturated heterocycles. The van der Waals surface area contributed by atoms with Crippen LogP contribution >= 0.6 is 27.7 Å². The minimum atomic E-state index is -0.622. The fourth-order valence-electron chi connectivity index (χ4n) is 2.41. The van der Waals surface area contributed by atoms with E-state index in [1.165, 1.54) is 0 Å². The van der Waals surface area contributed by atoms with E-state index < -0.39 is 23.7 Å². The zero-order chi connectivity index (χ0) is 22.3. The molecule has 0 bridgehead atoms. The van der Waals surface area contributed by atoms with Crippen LogP contribution in [0.1, 0.15) is 26.3 Å². The first-order valence-corrected chi connectivity index (χ1v) is 10.8. The van der Waals surface area contributed by atoms with Crippen LogP contribution in [0.15, 0.2) is 21.5 Å². The van der Waals surface area contributed by atoms with Gasteiger partial charge < -0.3 is 14.2 Å². The number of thioether (sulfide) groups is 1. The number of carbonyl (C=O) groups is 3. The number of rotatable bonds is 9. The Kier molecular flexibility index (Phi) is 8.81. The van der Waals surface area contributed by atoms with Gasteiger partial charge in [-0.3, -0.25) is 19.3 Å². The van der Waals surface area contributed by atoms with Crippen LogP contribution in [0.25, 0.3) is 6.08 Å². The van der Waals surface area contributed by atoms with Crippen molar-refractivity contribution in [1.82, 2.24) is 4.90 Å². The summed E-state index contributed by atoms with van der Waals surface area (Å²) in [4.78, 5) is 37.8. The number of nitrogens with zero attached hydrogens (tertiary/aromatic N) is 1. The predicted molar refractivity (Wildman–Crippen MR) is 118 cm³/mol. The number of ether oxygens (including phenoxy) is 3. The fraction of sp³-hybridized carbons (Fsp3) is 0.381. The number of terminal acetylenes is 1. The Hall–Kier alpha value is -2.44. The van der Waals surface area contributed by atoms with Gasteiger partial charge in [-0.25, -0.2) is 0 Å². The van der Waals surface area contributed by atoms with E-state index in [9.17, 15) is 14.4 Å². The molecule has 0 N–H and O–H groups in total. The molecule has 0 aliphatic carbocycles. The molecule has 1 heterocycles. The molecule has 1 aromatic carbocycles. The van der Waals surface area contributed by atoms with Gasteiger partial charge in [0.05, 0.1) is 22.6 Å². The van der Waals surface area contributed by atoms with Crippen molar-refractivity contribution in [3.8, 4) is 23.8 Å². The monoisotopic (exact) mass is 495 g/mol. The van der Waals surface area contributed by atoms with Crippen molar-refractivity contribution >= 4 is 50.9 Å². The molecule has 2 rings (SSSR count). The smallest absolute Gasteiger partial charge is 0.326 e. The third-order valence-corrected chi connectivity index (χ3v) is 5.16. The molecule has 1 aromatic rings. The van der Waals surface area contributed by atoms with Crippen LogP contribution in [-0.2, 0) is 14.3 Å². The van der Waals surface area contributed by atoms with Crippen LogP contribution in [0.2, 0.25) is 0 Å². The number of carbonyl (C=O) groups excluding carboxylic acids is 3. The van der Waals surface area contributed by atoms with E-state index in [0.717, 1.165) is 16.7 Å². The maximum absolute atomic E-state index is 12.6. The van der Waals surface area contributed by atoms with Gasteiger partial charge in [0.2, 0.25) is 0 Å². The van der Waals surface area contributed by atoms with Gasteiger partial charge in [-0.2, -0.15) is 0 Å². The van der Waals surface area contributed by atoms with Gasteiger partial charge in [0.1, 0.15) is 13.2 Å². The Balaban J connectivity index is 2.22. The number of halogens is 1. The van der Waals surface area contributed by atoms with Gasteiger partial charge in [-0.15, -0.1) is 6.42 Å². The van der Waals surface area contributed by atoms with E-state index in [4.69, 9.17) is 20.6 Å². The molecule has 0 aromatic heterocycles. The highest BCUT2D eigenvalue weighted by Crippen LogP contribution is 2.39. The summed E-state index contributed by atoms with van der Waals surface area (Å²) in [6.07, 6.45) is 6.81. The average molecular weight is 496 g/mol. The summed E-state index contributed by atoms with van der Waals surface area (Å²) in [7, 11) is 0. The van der Waals surface area contributed by atoms with Crippen molar-refractivity contribution in [3.05, 3.63) is 27.1 Å². The molecule has 30 heavy (non-hydrogen) atoms. The van der Waals surface area contributed by atoms with Crippen LogP contribution < -0.4 is 9.47 Å². The fourth-order valence-corrected chi connectivity index (χ4v) is 3.82. The van der Waals surface area contributed by atoms with E-state index in [0.29, 0.717) is 28.1 Å². The topological polar surface area (TPSA) is 82.1 Å². The zero-order valence-electron chi connectivity index (χ0n) is 16.9. The normalized spacial score (nSPS) is 14.9. The molecule has 0 spiro atoms. The minimum Gasteiger partial charge on any atom is -0.490 e. The van der Waals surface area contributed by atoms with Crippen LogP contribution in [0, 0.1) is 18.3 Å². The molecule has 7 nitrogen and oxygen atoms in total. The van der Waals surface area contributed by atoms with E-state index in [1.54, 1.807) is 18.2 Å². The molecule has 160 valence electrons. The predicted octanol–water partition coefficient (Wildman–Crippen LogP) is 4.10. The number of esters is 1. The van der Waals surface area contributed by atoms with Crippen LogP contribution in [-0.4, -0.2) is 48.4 Å². The second-order valence-corrected chi connectivity index (χ2v) is 8.45. The lowest BCUT2D eigenvalue weighted by Crippen LogP contribution is -2.34. The second-order valence-electron chi connectivity index (χ2n) is 6.60. The summed E-state index contributed by atoms with van der Waals surface area (Å²) in [5, 5.41) is -0.522. The molecule has 0 saturated carbocycles. The van der Waals surface area contributed by atoms with E-state index >= 15 is 0 Å². The molecular weight excluding hydrogens is 474 g/mol. The number of hydrogen-bond acceptors (Lipinski definition) is 7. The number of benzene rings is 1. The maximum atomic E-state index is 12.6. The highest BCUT2D eigenvalue weighted by atomic mass is 79.9. The van der Waals surface area contributed by atoms with Gasteiger partial charge in [-0.05, 0) is 64.3 Å². The highest BCUT2D eigenvalue weighted by molar-refractivity contribution is 9.10. The first-order chi connectivity index (χ1) is 14.3. The minimum absolute atomic E-state index is 0.0732. The van der Waals surface area contributed by atoms with E-state index in [2.05, 4.69) is 21.9 Å². The van der Waals surface area contributed by atoms with Crippen molar-refractivity contribution in [1.29, 1.82) is 0 Å². The third kappa shape index (κ3) is 6.28. The van der Waals surface area contributed by atoms with Gasteiger partial charge in [0.15, 0.2) is 11.5 Å². The first kappa shape index (κ1) is 23.8. The Labute approximate surface area is 188 Å². The number of amides is 2. The molecule has 1 aliphatic heterocycles. The lowest BCUT2D eigenvalue weighted by atomic mass is 10.2. The summed E-state index contributed by atoms with van der Waals surface area (Å²) >= 11 is 4.18. The van der Waals surface area contributed by atoms with E-state index in [-0.39, 0.29) is 24.0 Å². The van der Waals surface area contributed by atoms with Crippen LogP contribution in [0.4, 0.5) is 4.79 Å². The summed E-state index contributed by atoms with van der Waals surface area (Å²) in [5.74, 6) is 2.29. The van der Waals surface area contributed by atoms with Crippen molar-refractivity contribution in [2.75, 3.05) is 26.4 Å². The van der Waals surface area contributed by atoms with Crippen molar-refractivity contribution in [2.45, 2.75) is 20.8 Å². The van der Waals surface area contributed by atoms with E-state index in [1.807, 2.05) is 20.8 Å². The molecule has 1 fully saturated rings. The average Bonchev–Trinajstić information content (AvgIpc) is 2.93. The van der Waals surface area contributed by atoms with Gasteiger partial charge in [-0.1, -0.05) is 19.8 Å². The quantitative estimate of drug-likeness (QED) is 0.289. The standard InChI is InChI=1S/C21H22BrNO6S/c1-5-7-28-19-15(22)8-14(9-16(19)27-6-2)10-17-20(25)23(21(26)30-17)11-18(24)29-12-13(3)4/h1,8-10,13H,6-7,11-12H2,2-4H3/b17-10-. The van der Waals surface area contributed by atoms with Gasteiger partial charge in [0.25, 0.3) is 11.1 Å². The molecule has 0 radical (unpaired) electrons. The largest absolute Gasteiger partial charge is 0.490 e. The van der Waals surface area contributed by atoms with Gasteiger partial charge in [0, 0.05) is 0 Å². The lowest BCUT2D eigenvalue weighted by molar-refractivity contribution is -0.147. The first-order valence-electron chi connectivity index (χ1n) is 9.20. The zero-order valence-corrected chi connectivity index (χ0v) is 19.3. The van der Waals surface area contributed by atoms with Crippen LogP contribution in [0.5, 0.6) is 11.5 Å². The molecule has 0 atom stereocenters.